The van der Waals surface area contributed by atoms with Gasteiger partial charge in [-0.25, -0.2) is 9.78 Å². The van der Waals surface area contributed by atoms with Crippen molar-refractivity contribution in [2.75, 3.05) is 12.4 Å². The second-order valence-electron chi connectivity index (χ2n) is 4.07. The number of anilines is 2. The third-order valence-electron chi connectivity index (χ3n) is 2.66. The van der Waals surface area contributed by atoms with Gasteiger partial charge in [0.1, 0.15) is 17.2 Å². The first-order chi connectivity index (χ1) is 10.0. The number of carboxylic acid groups (broad SMARTS) is 1. The lowest BCUT2D eigenvalue weighted by atomic mass is 10.2. The molecule has 0 spiro atoms. The maximum absolute atomic E-state index is 11.8. The van der Waals surface area contributed by atoms with Crippen LogP contribution in [0.1, 0.15) is 20.7 Å². The number of aromatic nitrogens is 2. The predicted octanol–water partition coefficient (Wildman–Crippen LogP) is 0.571. The van der Waals surface area contributed by atoms with E-state index in [1.165, 1.54) is 37.6 Å². The quantitative estimate of drug-likeness (QED) is 0.652. The molecule has 8 heteroatoms. The van der Waals surface area contributed by atoms with Crippen LogP contribution in [-0.2, 0) is 0 Å². The van der Waals surface area contributed by atoms with Crippen LogP contribution in [0.4, 0.5) is 11.6 Å². The molecule has 1 amide bonds. The van der Waals surface area contributed by atoms with Gasteiger partial charge in [-0.3, -0.25) is 9.59 Å². The lowest BCUT2D eigenvalue weighted by Gasteiger charge is -2.06. The van der Waals surface area contributed by atoms with Gasteiger partial charge in [-0.05, 0) is 12.1 Å². The van der Waals surface area contributed by atoms with E-state index in [0.29, 0.717) is 11.6 Å². The smallest absolute Gasteiger partial charge is 0.337 e. The molecule has 0 fully saturated rings. The first-order valence-corrected chi connectivity index (χ1v) is 5.92. The zero-order valence-corrected chi connectivity index (χ0v) is 11.0. The Balaban J connectivity index is 2.20. The first-order valence-electron chi connectivity index (χ1n) is 5.92. The van der Waals surface area contributed by atoms with Gasteiger partial charge < -0.3 is 20.7 Å². The number of carbonyl (C=O) groups excluding carboxylic acids is 1. The summed E-state index contributed by atoms with van der Waals surface area (Å²) in [7, 11) is 1.43. The minimum atomic E-state index is -1.07. The molecule has 0 aliphatic heterocycles. The van der Waals surface area contributed by atoms with Crippen molar-refractivity contribution in [1.29, 1.82) is 0 Å². The average molecular weight is 288 g/mol. The molecule has 0 saturated heterocycles. The van der Waals surface area contributed by atoms with Crippen LogP contribution in [0.25, 0.3) is 0 Å². The minimum absolute atomic E-state index is 0.00256. The van der Waals surface area contributed by atoms with Gasteiger partial charge in [0.05, 0.1) is 5.56 Å². The Morgan fingerprint density at radius 3 is 2.62 bits per heavy atom. The van der Waals surface area contributed by atoms with Crippen LogP contribution in [0.2, 0.25) is 0 Å². The first kappa shape index (κ1) is 14.3. The molecule has 0 aromatic carbocycles. The van der Waals surface area contributed by atoms with Crippen LogP contribution in [0.3, 0.4) is 0 Å². The van der Waals surface area contributed by atoms with Crippen LogP contribution in [-0.4, -0.2) is 34.0 Å². The minimum Gasteiger partial charge on any atom is -0.478 e. The summed E-state index contributed by atoms with van der Waals surface area (Å²) in [5.41, 5.74) is -0.390. The van der Waals surface area contributed by atoms with E-state index in [2.05, 4.69) is 20.6 Å². The summed E-state index contributed by atoms with van der Waals surface area (Å²) in [4.78, 5) is 40.5. The molecule has 2 aromatic rings. The number of nitrogens with zero attached hydrogens (tertiary/aromatic N) is 1. The number of hydrogen-bond donors (Lipinski definition) is 4. The number of carboxylic acids is 1. The van der Waals surface area contributed by atoms with Crippen molar-refractivity contribution in [3.05, 3.63) is 51.9 Å². The number of amides is 1. The van der Waals surface area contributed by atoms with Crippen LogP contribution in [0, 0.1) is 0 Å². The molecule has 0 radical (unpaired) electrons. The van der Waals surface area contributed by atoms with E-state index < -0.39 is 17.3 Å². The lowest BCUT2D eigenvalue weighted by molar-refractivity contribution is 0.0696. The maximum atomic E-state index is 11.8. The summed E-state index contributed by atoms with van der Waals surface area (Å²) in [6, 6.07) is 4.07. The van der Waals surface area contributed by atoms with Gasteiger partial charge in [0.2, 0.25) is 0 Å². The highest BCUT2D eigenvalue weighted by Crippen LogP contribution is 2.11. The Bertz CT molecular complexity index is 737. The van der Waals surface area contributed by atoms with Crippen LogP contribution >= 0.6 is 0 Å². The number of aromatic amines is 1. The molecular formula is C13H12N4O4. The molecule has 2 heterocycles. The molecule has 21 heavy (non-hydrogen) atoms. The number of hydrogen-bond acceptors (Lipinski definition) is 5. The molecule has 2 rings (SSSR count). The number of nitrogens with one attached hydrogen (secondary N) is 3. The van der Waals surface area contributed by atoms with E-state index in [-0.39, 0.29) is 11.1 Å². The standard InChI is InChI=1S/C13H12N4O4/c1-14-12(19)8-6-16-11(4-9(8)18)17-10-3-2-7(5-15-10)13(20)21/h2-6H,1H3,(H,14,19)(H,20,21)(H2,15,16,17,18). The van der Waals surface area contributed by atoms with E-state index >= 15 is 0 Å². The average Bonchev–Trinajstić information content (AvgIpc) is 2.47. The van der Waals surface area contributed by atoms with Crippen molar-refractivity contribution in [2.24, 2.45) is 0 Å². The van der Waals surface area contributed by atoms with Gasteiger partial charge in [-0.15, -0.1) is 0 Å². The van der Waals surface area contributed by atoms with Gasteiger partial charge >= 0.3 is 5.97 Å². The van der Waals surface area contributed by atoms with Gasteiger partial charge in [0, 0.05) is 25.5 Å². The largest absolute Gasteiger partial charge is 0.478 e. The Kier molecular flexibility index (Phi) is 3.98. The second kappa shape index (κ2) is 5.87. The predicted molar refractivity (Wildman–Crippen MR) is 74.9 cm³/mol. The molecule has 0 saturated carbocycles. The monoisotopic (exact) mass is 288 g/mol. The third kappa shape index (κ3) is 3.24. The van der Waals surface area contributed by atoms with E-state index in [4.69, 9.17) is 5.11 Å². The van der Waals surface area contributed by atoms with Gasteiger partial charge in [0.15, 0.2) is 5.43 Å². The zero-order chi connectivity index (χ0) is 15.4. The fourth-order valence-corrected chi connectivity index (χ4v) is 1.59. The normalized spacial score (nSPS) is 9.95. The van der Waals surface area contributed by atoms with Gasteiger partial charge in [0.25, 0.3) is 5.91 Å². The van der Waals surface area contributed by atoms with Crippen molar-refractivity contribution in [2.45, 2.75) is 0 Å². The van der Waals surface area contributed by atoms with Crippen molar-refractivity contribution in [3.8, 4) is 0 Å². The summed E-state index contributed by atoms with van der Waals surface area (Å²) in [6.07, 6.45) is 2.48. The lowest BCUT2D eigenvalue weighted by Crippen LogP contribution is -2.25. The van der Waals surface area contributed by atoms with Crippen molar-refractivity contribution >= 4 is 23.5 Å². The molecule has 0 bridgehead atoms. The fourth-order valence-electron chi connectivity index (χ4n) is 1.59. The highest BCUT2D eigenvalue weighted by atomic mass is 16.4. The SMILES string of the molecule is CNC(=O)c1c[nH]c(Nc2ccc(C(=O)O)cn2)cc1=O. The summed E-state index contributed by atoms with van der Waals surface area (Å²) in [5, 5.41) is 13.9. The molecule has 8 nitrogen and oxygen atoms in total. The van der Waals surface area contributed by atoms with E-state index in [9.17, 15) is 14.4 Å². The number of carbonyl (C=O) groups is 2. The number of pyridine rings is 2. The van der Waals surface area contributed by atoms with Crippen LogP contribution in [0.15, 0.2) is 35.4 Å². The molecule has 0 unspecified atom stereocenters. The summed E-state index contributed by atoms with van der Waals surface area (Å²) < 4.78 is 0. The van der Waals surface area contributed by atoms with Crippen LogP contribution < -0.4 is 16.1 Å². The summed E-state index contributed by atoms with van der Waals surface area (Å²) >= 11 is 0. The van der Waals surface area contributed by atoms with Gasteiger partial charge in [-0.1, -0.05) is 0 Å². The van der Waals surface area contributed by atoms with Crippen molar-refractivity contribution in [1.82, 2.24) is 15.3 Å². The van der Waals surface area contributed by atoms with Crippen LogP contribution in [0.5, 0.6) is 0 Å². The van der Waals surface area contributed by atoms with Crippen molar-refractivity contribution in [3.63, 3.8) is 0 Å². The Morgan fingerprint density at radius 2 is 2.10 bits per heavy atom. The molecule has 0 atom stereocenters. The van der Waals surface area contributed by atoms with E-state index in [0.717, 1.165) is 0 Å². The maximum Gasteiger partial charge on any atom is 0.337 e. The molecule has 108 valence electrons. The highest BCUT2D eigenvalue weighted by Gasteiger charge is 2.09. The highest BCUT2D eigenvalue weighted by molar-refractivity contribution is 5.93. The summed E-state index contributed by atoms with van der Waals surface area (Å²) in [6.45, 7) is 0. The molecule has 2 aromatic heterocycles. The second-order valence-corrected chi connectivity index (χ2v) is 4.07. The topological polar surface area (TPSA) is 124 Å². The Hall–Kier alpha value is -3.16. The molecular weight excluding hydrogens is 276 g/mol. The fraction of sp³-hybridized carbons (Fsp3) is 0.0769. The van der Waals surface area contributed by atoms with E-state index in [1.54, 1.807) is 0 Å². The third-order valence-corrected chi connectivity index (χ3v) is 2.66. The number of H-pyrrole nitrogens is 1. The zero-order valence-electron chi connectivity index (χ0n) is 11.0. The van der Waals surface area contributed by atoms with Crippen molar-refractivity contribution < 1.29 is 14.7 Å². The summed E-state index contributed by atoms with van der Waals surface area (Å²) in [5.74, 6) is -0.851. The molecule has 4 N–H and O–H groups in total. The Morgan fingerprint density at radius 1 is 1.33 bits per heavy atom. The molecule has 0 aliphatic rings. The van der Waals surface area contributed by atoms with E-state index in [1.807, 2.05) is 0 Å². The Labute approximate surface area is 118 Å². The number of rotatable bonds is 4. The van der Waals surface area contributed by atoms with Gasteiger partial charge in [-0.2, -0.15) is 0 Å². The number of aromatic carboxylic acids is 1. The molecule has 0 aliphatic carbocycles.